The number of nitrogens with one attached hydrogen (secondary N) is 1. The first kappa shape index (κ1) is 20.5. The van der Waals surface area contributed by atoms with Gasteiger partial charge in [-0.1, -0.05) is 24.3 Å². The zero-order chi connectivity index (χ0) is 21.7. The number of nitrogens with zero attached hydrogens (tertiary/aromatic N) is 2. The minimum absolute atomic E-state index is 0.133. The largest absolute Gasteiger partial charge is 0.478 e. The number of amides is 1. The molecule has 0 saturated carbocycles. The fraction of sp³-hybridized carbons (Fsp3) is 0.0952. The first-order valence-electron chi connectivity index (χ1n) is 8.83. The lowest BCUT2D eigenvalue weighted by molar-refractivity contribution is -0.385. The van der Waals surface area contributed by atoms with Crippen molar-refractivity contribution in [3.63, 3.8) is 0 Å². The third-order valence-electron chi connectivity index (χ3n) is 4.30. The summed E-state index contributed by atoms with van der Waals surface area (Å²) >= 11 is 0. The van der Waals surface area contributed by atoms with Crippen molar-refractivity contribution in [2.75, 3.05) is 0 Å². The molecule has 0 fully saturated rings. The molecule has 0 unspecified atom stereocenters. The maximum Gasteiger partial charge on any atom is 0.335 e. The van der Waals surface area contributed by atoms with Crippen LogP contribution in [0.5, 0.6) is 0 Å². The van der Waals surface area contributed by atoms with E-state index < -0.39 is 16.8 Å². The SMILES string of the molecule is Cc1ccc(C(=O)O)cc1-c1ccc(/C=N/NC(=O)Cc2ccccc2[N+](=O)[O-])o1. The number of aromatic carboxylic acids is 1. The number of carbonyl (C=O) groups excluding carboxylic acids is 1. The zero-order valence-corrected chi connectivity index (χ0v) is 15.9. The van der Waals surface area contributed by atoms with Crippen molar-refractivity contribution in [1.82, 2.24) is 5.43 Å². The fourth-order valence-corrected chi connectivity index (χ4v) is 2.81. The summed E-state index contributed by atoms with van der Waals surface area (Å²) in [5.74, 6) is -0.748. The van der Waals surface area contributed by atoms with Crippen LogP contribution in [0, 0.1) is 17.0 Å². The van der Waals surface area contributed by atoms with Gasteiger partial charge in [0.05, 0.1) is 23.1 Å². The molecule has 1 amide bonds. The van der Waals surface area contributed by atoms with Gasteiger partial charge in [0.25, 0.3) is 5.69 Å². The second-order valence-corrected chi connectivity index (χ2v) is 6.39. The van der Waals surface area contributed by atoms with E-state index in [0.717, 1.165) is 5.56 Å². The van der Waals surface area contributed by atoms with E-state index in [0.29, 0.717) is 17.1 Å². The van der Waals surface area contributed by atoms with Gasteiger partial charge in [-0.2, -0.15) is 5.10 Å². The Balaban J connectivity index is 1.67. The minimum Gasteiger partial charge on any atom is -0.478 e. The third-order valence-corrected chi connectivity index (χ3v) is 4.30. The molecule has 152 valence electrons. The number of nitro groups is 1. The molecule has 0 bridgehead atoms. The maximum absolute atomic E-state index is 12.0. The number of carboxylic acid groups (broad SMARTS) is 1. The van der Waals surface area contributed by atoms with Crippen LogP contribution in [0.15, 0.2) is 64.1 Å². The lowest BCUT2D eigenvalue weighted by atomic mass is 10.0. The van der Waals surface area contributed by atoms with Gasteiger partial charge in [-0.25, -0.2) is 10.2 Å². The summed E-state index contributed by atoms with van der Waals surface area (Å²) in [6.45, 7) is 1.83. The Labute approximate surface area is 170 Å². The van der Waals surface area contributed by atoms with E-state index >= 15 is 0 Å². The number of hydrogen-bond acceptors (Lipinski definition) is 6. The number of carboxylic acids is 1. The summed E-state index contributed by atoms with van der Waals surface area (Å²) in [4.78, 5) is 33.6. The summed E-state index contributed by atoms with van der Waals surface area (Å²) in [7, 11) is 0. The normalized spacial score (nSPS) is 10.8. The van der Waals surface area contributed by atoms with Crippen LogP contribution in [-0.2, 0) is 11.2 Å². The summed E-state index contributed by atoms with van der Waals surface area (Å²) in [6.07, 6.45) is 1.09. The summed E-state index contributed by atoms with van der Waals surface area (Å²) in [5.41, 5.74) is 4.07. The third kappa shape index (κ3) is 4.76. The van der Waals surface area contributed by atoms with Crippen LogP contribution in [0.3, 0.4) is 0 Å². The number of furan rings is 1. The molecule has 1 heterocycles. The Bertz CT molecular complexity index is 1150. The fourth-order valence-electron chi connectivity index (χ4n) is 2.81. The number of rotatable bonds is 7. The highest BCUT2D eigenvalue weighted by Crippen LogP contribution is 2.26. The van der Waals surface area contributed by atoms with Gasteiger partial charge < -0.3 is 9.52 Å². The Morgan fingerprint density at radius 2 is 1.97 bits per heavy atom. The molecule has 0 aliphatic heterocycles. The first-order valence-corrected chi connectivity index (χ1v) is 8.83. The topological polar surface area (TPSA) is 135 Å². The molecule has 0 atom stereocenters. The molecular formula is C21H17N3O6. The predicted molar refractivity (Wildman–Crippen MR) is 108 cm³/mol. The lowest BCUT2D eigenvalue weighted by Crippen LogP contribution is -2.20. The standard InChI is InChI=1S/C21H17N3O6/c1-13-6-7-15(21(26)27)10-17(13)19-9-8-16(30-19)12-22-23-20(25)11-14-4-2-3-5-18(14)24(28)29/h2-10,12H,11H2,1H3,(H,23,25)(H,26,27)/b22-12+. The van der Waals surface area contributed by atoms with Gasteiger partial charge in [0.2, 0.25) is 5.91 Å². The molecule has 1 aromatic heterocycles. The van der Waals surface area contributed by atoms with Crippen LogP contribution in [0.1, 0.15) is 27.2 Å². The van der Waals surface area contributed by atoms with Crippen molar-refractivity contribution in [3.05, 3.63) is 87.2 Å². The van der Waals surface area contributed by atoms with Gasteiger partial charge in [-0.05, 0) is 36.8 Å². The Morgan fingerprint density at radius 3 is 2.70 bits per heavy atom. The Kier molecular flexibility index (Phi) is 6.02. The number of aryl methyl sites for hydroxylation is 1. The van der Waals surface area contributed by atoms with Gasteiger partial charge in [0, 0.05) is 17.2 Å². The van der Waals surface area contributed by atoms with E-state index in [1.165, 1.54) is 36.5 Å². The minimum atomic E-state index is -1.04. The average Bonchev–Trinajstić information content (AvgIpc) is 3.17. The van der Waals surface area contributed by atoms with Crippen molar-refractivity contribution in [2.45, 2.75) is 13.3 Å². The molecule has 2 N–H and O–H groups in total. The second-order valence-electron chi connectivity index (χ2n) is 6.39. The van der Waals surface area contributed by atoms with Crippen LogP contribution < -0.4 is 5.43 Å². The number of nitro benzene ring substituents is 1. The average molecular weight is 407 g/mol. The monoisotopic (exact) mass is 407 g/mol. The van der Waals surface area contributed by atoms with Crippen LogP contribution >= 0.6 is 0 Å². The maximum atomic E-state index is 12.0. The van der Waals surface area contributed by atoms with E-state index in [9.17, 15) is 19.7 Å². The number of hydrazone groups is 1. The summed E-state index contributed by atoms with van der Waals surface area (Å²) in [5, 5.41) is 24.0. The molecule has 0 aliphatic carbocycles. The molecule has 3 aromatic rings. The zero-order valence-electron chi connectivity index (χ0n) is 15.9. The van der Waals surface area contributed by atoms with Gasteiger partial charge in [0.15, 0.2) is 0 Å². The summed E-state index contributed by atoms with van der Waals surface area (Å²) in [6, 6.07) is 14.0. The molecule has 9 nitrogen and oxygen atoms in total. The van der Waals surface area contributed by atoms with Crippen molar-refractivity contribution in [1.29, 1.82) is 0 Å². The molecule has 0 radical (unpaired) electrons. The van der Waals surface area contributed by atoms with Crippen molar-refractivity contribution < 1.29 is 24.0 Å². The Hall–Kier alpha value is -4.27. The van der Waals surface area contributed by atoms with E-state index in [1.54, 1.807) is 24.3 Å². The number of para-hydroxylation sites is 1. The smallest absolute Gasteiger partial charge is 0.335 e. The molecule has 2 aromatic carbocycles. The van der Waals surface area contributed by atoms with Crippen LogP contribution in [-0.4, -0.2) is 28.1 Å². The van der Waals surface area contributed by atoms with E-state index in [-0.39, 0.29) is 23.2 Å². The van der Waals surface area contributed by atoms with Crippen LogP contribution in [0.2, 0.25) is 0 Å². The van der Waals surface area contributed by atoms with Gasteiger partial charge in [-0.15, -0.1) is 0 Å². The van der Waals surface area contributed by atoms with Gasteiger partial charge in [0.1, 0.15) is 11.5 Å². The van der Waals surface area contributed by atoms with E-state index in [1.807, 2.05) is 6.92 Å². The predicted octanol–water partition coefficient (Wildman–Crippen LogP) is 3.55. The first-order chi connectivity index (χ1) is 14.3. The second kappa shape index (κ2) is 8.82. The number of carbonyl (C=O) groups is 2. The van der Waals surface area contributed by atoms with Crippen molar-refractivity contribution >= 4 is 23.8 Å². The molecule has 0 spiro atoms. The number of benzene rings is 2. The van der Waals surface area contributed by atoms with Crippen LogP contribution in [0.4, 0.5) is 5.69 Å². The molecule has 3 rings (SSSR count). The molecular weight excluding hydrogens is 390 g/mol. The molecule has 30 heavy (non-hydrogen) atoms. The van der Waals surface area contributed by atoms with E-state index in [2.05, 4.69) is 10.5 Å². The molecule has 9 heteroatoms. The van der Waals surface area contributed by atoms with Gasteiger partial charge in [-0.3, -0.25) is 14.9 Å². The molecule has 0 saturated heterocycles. The quantitative estimate of drug-likeness (QED) is 0.349. The van der Waals surface area contributed by atoms with Crippen molar-refractivity contribution in [2.24, 2.45) is 5.10 Å². The Morgan fingerprint density at radius 1 is 1.20 bits per heavy atom. The highest BCUT2D eigenvalue weighted by molar-refractivity contribution is 5.90. The highest BCUT2D eigenvalue weighted by atomic mass is 16.6. The van der Waals surface area contributed by atoms with Gasteiger partial charge >= 0.3 is 5.97 Å². The van der Waals surface area contributed by atoms with Crippen molar-refractivity contribution in [3.8, 4) is 11.3 Å². The van der Waals surface area contributed by atoms with E-state index in [4.69, 9.17) is 9.52 Å². The van der Waals surface area contributed by atoms with Crippen LogP contribution in [0.25, 0.3) is 11.3 Å². The molecule has 0 aliphatic rings. The summed E-state index contributed by atoms with van der Waals surface area (Å²) < 4.78 is 5.65. The lowest BCUT2D eigenvalue weighted by Gasteiger charge is -2.04. The number of hydrogen-bond donors (Lipinski definition) is 2. The highest BCUT2D eigenvalue weighted by Gasteiger charge is 2.15.